The molecule has 0 radical (unpaired) electrons. The molecular formula is C22H23ClFN5O2S. The third-order valence-corrected chi connectivity index (χ3v) is 6.48. The average molecular weight is 476 g/mol. The highest BCUT2D eigenvalue weighted by Gasteiger charge is 2.37. The molecule has 1 amide bonds. The summed E-state index contributed by atoms with van der Waals surface area (Å²) in [6.45, 7) is 4.58. The van der Waals surface area contributed by atoms with Gasteiger partial charge in [-0.1, -0.05) is 42.4 Å². The fourth-order valence-corrected chi connectivity index (χ4v) is 4.74. The molecule has 2 atom stereocenters. The predicted molar refractivity (Wildman–Crippen MR) is 123 cm³/mol. The van der Waals surface area contributed by atoms with Crippen molar-refractivity contribution in [2.24, 2.45) is 0 Å². The van der Waals surface area contributed by atoms with Crippen LogP contribution in [0.5, 0.6) is 5.75 Å². The maximum absolute atomic E-state index is 13.5. The minimum Gasteiger partial charge on any atom is -0.494 e. The molecule has 7 nitrogen and oxygen atoms in total. The van der Waals surface area contributed by atoms with E-state index >= 15 is 0 Å². The number of anilines is 1. The number of carbonyl (C=O) groups is 1. The molecule has 0 spiro atoms. The van der Waals surface area contributed by atoms with Gasteiger partial charge in [-0.3, -0.25) is 4.79 Å². The number of ether oxygens (including phenoxy) is 1. The van der Waals surface area contributed by atoms with Crippen LogP contribution in [0.3, 0.4) is 0 Å². The smallest absolute Gasteiger partial charge is 0.240 e. The minimum absolute atomic E-state index is 0.0516. The van der Waals surface area contributed by atoms with Gasteiger partial charge in [0.1, 0.15) is 16.8 Å². The second kappa shape index (κ2) is 9.79. The summed E-state index contributed by atoms with van der Waals surface area (Å²) in [7, 11) is 0. The number of aromatic nitrogens is 3. The second-order valence-electron chi connectivity index (χ2n) is 7.25. The van der Waals surface area contributed by atoms with Gasteiger partial charge in [0.25, 0.3) is 0 Å². The van der Waals surface area contributed by atoms with E-state index in [1.807, 2.05) is 35.9 Å². The van der Waals surface area contributed by atoms with E-state index in [1.165, 1.54) is 30.0 Å². The number of benzene rings is 2. The normalized spacial score (nSPS) is 17.4. The Morgan fingerprint density at radius 1 is 1.25 bits per heavy atom. The van der Waals surface area contributed by atoms with Gasteiger partial charge >= 0.3 is 0 Å². The molecule has 3 aromatic rings. The highest BCUT2D eigenvalue weighted by Crippen LogP contribution is 2.38. The van der Waals surface area contributed by atoms with Gasteiger partial charge in [-0.05, 0) is 49.2 Å². The first-order valence-electron chi connectivity index (χ1n) is 10.4. The molecule has 32 heavy (non-hydrogen) atoms. The Hall–Kier alpha value is -2.78. The maximum atomic E-state index is 13.5. The summed E-state index contributed by atoms with van der Waals surface area (Å²) in [5.41, 5.74) is 4.76. The van der Waals surface area contributed by atoms with Crippen molar-refractivity contribution >= 4 is 35.0 Å². The Labute approximate surface area is 194 Å². The fourth-order valence-electron chi connectivity index (χ4n) is 3.46. The quantitative estimate of drug-likeness (QED) is 0.510. The number of carbonyl (C=O) groups excluding carboxylic acids is 1. The van der Waals surface area contributed by atoms with Gasteiger partial charge in [0, 0.05) is 12.1 Å². The summed E-state index contributed by atoms with van der Waals surface area (Å²) in [6, 6.07) is 11.4. The molecule has 2 heterocycles. The molecule has 0 bridgehead atoms. The van der Waals surface area contributed by atoms with Gasteiger partial charge in [0.15, 0.2) is 5.82 Å². The Morgan fingerprint density at radius 3 is 2.72 bits per heavy atom. The van der Waals surface area contributed by atoms with Crippen LogP contribution in [0, 0.1) is 5.82 Å². The Kier molecular flexibility index (Phi) is 6.86. The number of amides is 1. The molecule has 10 heteroatoms. The van der Waals surface area contributed by atoms with E-state index in [0.29, 0.717) is 17.5 Å². The summed E-state index contributed by atoms with van der Waals surface area (Å²) in [5.74, 6) is 0.783. The van der Waals surface area contributed by atoms with Gasteiger partial charge in [-0.25, -0.2) is 9.07 Å². The van der Waals surface area contributed by atoms with Gasteiger partial charge in [-0.2, -0.15) is 0 Å². The molecule has 1 aromatic heterocycles. The molecule has 4 rings (SSSR count). The Balaban J connectivity index is 1.64. The monoisotopic (exact) mass is 475 g/mol. The number of rotatable bonds is 7. The van der Waals surface area contributed by atoms with E-state index in [9.17, 15) is 9.18 Å². The van der Waals surface area contributed by atoms with E-state index in [-0.39, 0.29) is 17.0 Å². The third-order valence-electron chi connectivity index (χ3n) is 4.97. The summed E-state index contributed by atoms with van der Waals surface area (Å²) in [6.07, 6.45) is 1.69. The summed E-state index contributed by atoms with van der Waals surface area (Å²) in [5, 5.41) is 11.4. The summed E-state index contributed by atoms with van der Waals surface area (Å²) >= 11 is 7.20. The van der Waals surface area contributed by atoms with Crippen LogP contribution in [0.2, 0.25) is 5.02 Å². The van der Waals surface area contributed by atoms with Crippen LogP contribution in [0.4, 0.5) is 10.1 Å². The first-order chi connectivity index (χ1) is 15.5. The van der Waals surface area contributed by atoms with E-state index < -0.39 is 11.1 Å². The van der Waals surface area contributed by atoms with E-state index in [4.69, 9.17) is 16.3 Å². The lowest BCUT2D eigenvalue weighted by Crippen LogP contribution is -2.41. The molecule has 168 valence electrons. The SMILES string of the molecule is CCCc1nnc2n1N[C@@H](c1ccc(OCC)cc1)[C@@H](C(=O)Nc1ccc(F)c(Cl)c1)S2. The predicted octanol–water partition coefficient (Wildman–Crippen LogP) is 4.82. The molecule has 0 aliphatic carbocycles. The lowest BCUT2D eigenvalue weighted by Gasteiger charge is -2.33. The van der Waals surface area contributed by atoms with Crippen molar-refractivity contribution in [1.82, 2.24) is 14.9 Å². The van der Waals surface area contributed by atoms with Crippen LogP contribution in [-0.4, -0.2) is 32.6 Å². The van der Waals surface area contributed by atoms with Crippen molar-refractivity contribution in [3.05, 3.63) is 64.7 Å². The summed E-state index contributed by atoms with van der Waals surface area (Å²) < 4.78 is 20.9. The van der Waals surface area contributed by atoms with Crippen LogP contribution in [0.1, 0.15) is 37.7 Å². The van der Waals surface area contributed by atoms with Crippen molar-refractivity contribution in [3.8, 4) is 5.75 Å². The number of nitrogens with zero attached hydrogens (tertiary/aromatic N) is 3. The molecule has 2 aromatic carbocycles. The number of thioether (sulfide) groups is 1. The lowest BCUT2D eigenvalue weighted by molar-refractivity contribution is -0.116. The van der Waals surface area contributed by atoms with Gasteiger partial charge < -0.3 is 15.5 Å². The largest absolute Gasteiger partial charge is 0.494 e. The van der Waals surface area contributed by atoms with Crippen molar-refractivity contribution < 1.29 is 13.9 Å². The van der Waals surface area contributed by atoms with E-state index in [1.54, 1.807) is 0 Å². The van der Waals surface area contributed by atoms with Crippen LogP contribution < -0.4 is 15.5 Å². The second-order valence-corrected chi connectivity index (χ2v) is 8.77. The maximum Gasteiger partial charge on any atom is 0.240 e. The minimum atomic E-state index is -0.553. The fraction of sp³-hybridized carbons (Fsp3) is 0.318. The first kappa shape index (κ1) is 22.4. The molecule has 0 saturated carbocycles. The zero-order valence-corrected chi connectivity index (χ0v) is 19.2. The first-order valence-corrected chi connectivity index (χ1v) is 11.6. The average Bonchev–Trinajstić information content (AvgIpc) is 3.18. The Bertz CT molecular complexity index is 1110. The van der Waals surface area contributed by atoms with E-state index in [0.717, 1.165) is 30.0 Å². The zero-order valence-electron chi connectivity index (χ0n) is 17.6. The number of aryl methyl sites for hydroxylation is 1. The molecule has 1 aliphatic heterocycles. The van der Waals surface area contributed by atoms with Crippen molar-refractivity contribution in [3.63, 3.8) is 0 Å². The molecule has 0 saturated heterocycles. The number of hydrogen-bond acceptors (Lipinski definition) is 6. The molecule has 2 N–H and O–H groups in total. The van der Waals surface area contributed by atoms with E-state index in [2.05, 4.69) is 27.9 Å². The number of fused-ring (bicyclic) bond motifs is 1. The summed E-state index contributed by atoms with van der Waals surface area (Å²) in [4.78, 5) is 13.3. The topological polar surface area (TPSA) is 81.1 Å². The van der Waals surface area contributed by atoms with Crippen LogP contribution in [-0.2, 0) is 11.2 Å². The molecular weight excluding hydrogens is 453 g/mol. The number of nitrogens with one attached hydrogen (secondary N) is 2. The van der Waals surface area contributed by atoms with Crippen molar-refractivity contribution in [2.75, 3.05) is 17.3 Å². The van der Waals surface area contributed by atoms with Gasteiger partial charge in [-0.15, -0.1) is 10.2 Å². The number of halogens is 2. The van der Waals surface area contributed by atoms with Gasteiger partial charge in [0.05, 0.1) is 17.7 Å². The standard InChI is InChI=1S/C22H23ClFN5O2S/c1-3-5-18-26-27-22-29(18)28-19(13-6-9-15(10-7-13)31-4-2)20(32-22)21(30)25-14-8-11-17(24)16(23)12-14/h6-12,19-20,28H,3-5H2,1-2H3,(H,25,30)/t19-,20-/m0/s1. The Morgan fingerprint density at radius 2 is 2.03 bits per heavy atom. The highest BCUT2D eigenvalue weighted by molar-refractivity contribution is 8.00. The van der Waals surface area contributed by atoms with Gasteiger partial charge in [0.2, 0.25) is 11.1 Å². The molecule has 1 aliphatic rings. The van der Waals surface area contributed by atoms with Crippen LogP contribution in [0.15, 0.2) is 47.6 Å². The van der Waals surface area contributed by atoms with Crippen LogP contribution in [0.25, 0.3) is 0 Å². The van der Waals surface area contributed by atoms with Crippen molar-refractivity contribution in [1.29, 1.82) is 0 Å². The molecule has 0 unspecified atom stereocenters. The lowest BCUT2D eigenvalue weighted by atomic mass is 10.0. The number of hydrogen-bond donors (Lipinski definition) is 2. The zero-order chi connectivity index (χ0) is 22.7. The van der Waals surface area contributed by atoms with Crippen LogP contribution >= 0.6 is 23.4 Å². The van der Waals surface area contributed by atoms with Crippen molar-refractivity contribution in [2.45, 2.75) is 43.1 Å². The third kappa shape index (κ3) is 4.68. The highest BCUT2D eigenvalue weighted by atomic mass is 35.5. The molecule has 0 fully saturated rings.